The highest BCUT2D eigenvalue weighted by atomic mass is 15.2. The zero-order valence-corrected chi connectivity index (χ0v) is 10.4. The largest absolute Gasteiger partial charge is 0.382 e. The van der Waals surface area contributed by atoms with E-state index < -0.39 is 0 Å². The number of nitriles is 1. The molecule has 0 amide bonds. The first-order chi connectivity index (χ1) is 8.86. The van der Waals surface area contributed by atoms with Crippen molar-refractivity contribution in [3.63, 3.8) is 0 Å². The van der Waals surface area contributed by atoms with E-state index in [1.54, 1.807) is 0 Å². The molecule has 1 saturated heterocycles. The van der Waals surface area contributed by atoms with Gasteiger partial charge in [-0.2, -0.15) is 5.26 Å². The molecule has 3 rings (SSSR count). The van der Waals surface area contributed by atoms with E-state index in [1.807, 2.05) is 12.1 Å². The van der Waals surface area contributed by atoms with E-state index in [9.17, 15) is 0 Å². The number of anilines is 2. The van der Waals surface area contributed by atoms with E-state index in [2.05, 4.69) is 27.7 Å². The van der Waals surface area contributed by atoms with Crippen LogP contribution in [0.3, 0.4) is 0 Å². The Labute approximate surface area is 108 Å². The summed E-state index contributed by atoms with van der Waals surface area (Å²) in [5.74, 6) is 0. The van der Waals surface area contributed by atoms with Crippen LogP contribution in [-0.4, -0.2) is 32.2 Å². The molecule has 0 spiro atoms. The van der Waals surface area contributed by atoms with Gasteiger partial charge in [-0.3, -0.25) is 0 Å². The van der Waals surface area contributed by atoms with Gasteiger partial charge in [0.15, 0.2) is 0 Å². The average molecular weight is 242 g/mol. The zero-order chi connectivity index (χ0) is 12.4. The summed E-state index contributed by atoms with van der Waals surface area (Å²) in [5, 5.41) is 15.9. The first kappa shape index (κ1) is 11.4. The van der Waals surface area contributed by atoms with Crippen LogP contribution in [-0.2, 0) is 0 Å². The lowest BCUT2D eigenvalue weighted by molar-refractivity contribution is 0.581. The van der Waals surface area contributed by atoms with E-state index in [4.69, 9.17) is 5.26 Å². The maximum Gasteiger partial charge on any atom is 0.0992 e. The number of fused-ring (bicyclic) bond motifs is 1. The third-order valence-electron chi connectivity index (χ3n) is 3.77. The van der Waals surface area contributed by atoms with Gasteiger partial charge in [-0.15, -0.1) is 0 Å². The van der Waals surface area contributed by atoms with Crippen molar-refractivity contribution in [2.45, 2.75) is 18.9 Å². The fourth-order valence-electron chi connectivity index (χ4n) is 2.84. The number of rotatable bonds is 2. The molecule has 1 aromatic carbocycles. The highest BCUT2D eigenvalue weighted by Crippen LogP contribution is 2.30. The van der Waals surface area contributed by atoms with Gasteiger partial charge >= 0.3 is 0 Å². The van der Waals surface area contributed by atoms with Gasteiger partial charge in [0.2, 0.25) is 0 Å². The van der Waals surface area contributed by atoms with E-state index in [-0.39, 0.29) is 0 Å². The molecule has 2 heterocycles. The third kappa shape index (κ3) is 2.14. The Morgan fingerprint density at radius 3 is 3.11 bits per heavy atom. The minimum absolute atomic E-state index is 0.617. The standard InChI is InChI=1S/C14H18N4/c15-9-11-3-4-14-13(8-11)17-6-7-18(14)10-12-2-1-5-16-12/h3-4,8,12,16-17H,1-2,5-7,10H2. The first-order valence-electron chi connectivity index (χ1n) is 6.63. The van der Waals surface area contributed by atoms with Crippen LogP contribution in [0.4, 0.5) is 11.4 Å². The topological polar surface area (TPSA) is 51.1 Å². The molecule has 4 nitrogen and oxygen atoms in total. The van der Waals surface area contributed by atoms with E-state index >= 15 is 0 Å². The number of nitrogens with zero attached hydrogens (tertiary/aromatic N) is 2. The summed E-state index contributed by atoms with van der Waals surface area (Å²) >= 11 is 0. The highest BCUT2D eigenvalue weighted by molar-refractivity contribution is 5.73. The van der Waals surface area contributed by atoms with Gasteiger partial charge in [0.1, 0.15) is 0 Å². The summed E-state index contributed by atoms with van der Waals surface area (Å²) in [6.07, 6.45) is 2.56. The molecule has 1 unspecified atom stereocenters. The second-order valence-corrected chi connectivity index (χ2v) is 5.01. The summed E-state index contributed by atoms with van der Waals surface area (Å²) in [6.45, 7) is 4.21. The molecule has 94 valence electrons. The van der Waals surface area contributed by atoms with Gasteiger partial charge < -0.3 is 15.5 Å². The summed E-state index contributed by atoms with van der Waals surface area (Å²) < 4.78 is 0. The van der Waals surface area contributed by atoms with Crippen LogP contribution in [0.25, 0.3) is 0 Å². The normalized spacial score (nSPS) is 22.2. The smallest absolute Gasteiger partial charge is 0.0992 e. The molecular weight excluding hydrogens is 224 g/mol. The van der Waals surface area contributed by atoms with Gasteiger partial charge in [-0.1, -0.05) is 0 Å². The van der Waals surface area contributed by atoms with Crippen molar-refractivity contribution in [3.05, 3.63) is 23.8 Å². The lowest BCUT2D eigenvalue weighted by atomic mass is 10.1. The number of benzene rings is 1. The summed E-state index contributed by atoms with van der Waals surface area (Å²) in [5.41, 5.74) is 3.05. The molecule has 0 bridgehead atoms. The van der Waals surface area contributed by atoms with Crippen molar-refractivity contribution in [1.29, 1.82) is 5.26 Å². The predicted octanol–water partition coefficient (Wildman–Crippen LogP) is 1.54. The summed E-state index contributed by atoms with van der Waals surface area (Å²) in [4.78, 5) is 2.43. The SMILES string of the molecule is N#Cc1ccc2c(c1)NCCN2CC1CCCN1. The van der Waals surface area contributed by atoms with Crippen molar-refractivity contribution in [2.24, 2.45) is 0 Å². The van der Waals surface area contributed by atoms with Crippen LogP contribution in [0.1, 0.15) is 18.4 Å². The molecule has 1 aromatic rings. The van der Waals surface area contributed by atoms with Gasteiger partial charge in [-0.05, 0) is 37.6 Å². The molecule has 1 fully saturated rings. The van der Waals surface area contributed by atoms with Crippen LogP contribution in [0.15, 0.2) is 18.2 Å². The molecule has 2 aliphatic rings. The number of hydrogen-bond acceptors (Lipinski definition) is 4. The summed E-state index contributed by atoms with van der Waals surface area (Å²) in [6, 6.07) is 8.73. The third-order valence-corrected chi connectivity index (χ3v) is 3.77. The van der Waals surface area contributed by atoms with E-state index in [1.165, 1.54) is 18.5 Å². The Balaban J connectivity index is 1.80. The van der Waals surface area contributed by atoms with Crippen LogP contribution < -0.4 is 15.5 Å². The van der Waals surface area contributed by atoms with E-state index in [0.29, 0.717) is 6.04 Å². The quantitative estimate of drug-likeness (QED) is 0.826. The molecule has 4 heteroatoms. The van der Waals surface area contributed by atoms with Gasteiger partial charge in [0.25, 0.3) is 0 Å². The second-order valence-electron chi connectivity index (χ2n) is 5.01. The molecule has 0 radical (unpaired) electrons. The van der Waals surface area contributed by atoms with Crippen molar-refractivity contribution in [1.82, 2.24) is 5.32 Å². The minimum Gasteiger partial charge on any atom is -0.382 e. The monoisotopic (exact) mass is 242 g/mol. The Hall–Kier alpha value is -1.73. The molecule has 0 saturated carbocycles. The van der Waals surface area contributed by atoms with Crippen LogP contribution in [0.5, 0.6) is 0 Å². The van der Waals surface area contributed by atoms with Crippen LogP contribution in [0.2, 0.25) is 0 Å². The lowest BCUT2D eigenvalue weighted by Crippen LogP contribution is -2.42. The summed E-state index contributed by atoms with van der Waals surface area (Å²) in [7, 11) is 0. The molecule has 2 N–H and O–H groups in total. The molecule has 0 aliphatic carbocycles. The Morgan fingerprint density at radius 1 is 1.39 bits per heavy atom. The maximum atomic E-state index is 8.93. The van der Waals surface area contributed by atoms with Crippen LogP contribution in [0, 0.1) is 11.3 Å². The van der Waals surface area contributed by atoms with Crippen LogP contribution >= 0.6 is 0 Å². The first-order valence-corrected chi connectivity index (χ1v) is 6.63. The van der Waals surface area contributed by atoms with Crippen molar-refractivity contribution in [2.75, 3.05) is 36.4 Å². The Morgan fingerprint density at radius 2 is 2.33 bits per heavy atom. The van der Waals surface area contributed by atoms with E-state index in [0.717, 1.165) is 37.4 Å². The Kier molecular flexibility index (Phi) is 3.07. The molecule has 1 atom stereocenters. The molecule has 2 aliphatic heterocycles. The second kappa shape index (κ2) is 4.87. The van der Waals surface area contributed by atoms with Crippen molar-refractivity contribution in [3.8, 4) is 6.07 Å². The zero-order valence-electron chi connectivity index (χ0n) is 10.4. The van der Waals surface area contributed by atoms with Crippen molar-refractivity contribution >= 4 is 11.4 Å². The van der Waals surface area contributed by atoms with Gasteiger partial charge in [0.05, 0.1) is 23.0 Å². The maximum absolute atomic E-state index is 8.93. The predicted molar refractivity (Wildman–Crippen MR) is 72.9 cm³/mol. The Bertz CT molecular complexity index is 471. The lowest BCUT2D eigenvalue weighted by Gasteiger charge is -2.34. The fourth-order valence-corrected chi connectivity index (χ4v) is 2.84. The van der Waals surface area contributed by atoms with Gasteiger partial charge in [-0.25, -0.2) is 0 Å². The number of hydrogen-bond donors (Lipinski definition) is 2. The fraction of sp³-hybridized carbons (Fsp3) is 0.500. The molecular formula is C14H18N4. The average Bonchev–Trinajstić information content (AvgIpc) is 2.91. The number of nitrogens with one attached hydrogen (secondary N) is 2. The highest BCUT2D eigenvalue weighted by Gasteiger charge is 2.22. The van der Waals surface area contributed by atoms with Gasteiger partial charge in [0, 0.05) is 25.7 Å². The minimum atomic E-state index is 0.617. The molecule has 0 aromatic heterocycles. The molecule has 18 heavy (non-hydrogen) atoms. The van der Waals surface area contributed by atoms with Crippen molar-refractivity contribution < 1.29 is 0 Å².